The molecule has 0 fully saturated rings. The molecule has 0 aliphatic heterocycles. The number of H-pyrrole nitrogens is 1. The third-order valence-corrected chi connectivity index (χ3v) is 5.76. The molecule has 1 aliphatic carbocycles. The average Bonchev–Trinajstić information content (AvgIpc) is 3.27. The second kappa shape index (κ2) is 8.59. The van der Waals surface area contributed by atoms with Gasteiger partial charge in [-0.2, -0.15) is 5.10 Å². The molecular weight excluding hydrogens is 382 g/mol. The first-order valence-corrected chi connectivity index (χ1v) is 10.1. The number of aryl methyl sites for hydroxylation is 2. The minimum absolute atomic E-state index is 0.128. The van der Waals surface area contributed by atoms with E-state index in [1.807, 2.05) is 6.92 Å². The fraction of sp³-hybridized carbons (Fsp3) is 0.500. The van der Waals surface area contributed by atoms with Gasteiger partial charge < -0.3 is 15.0 Å². The molecule has 150 valence electrons. The van der Waals surface area contributed by atoms with E-state index < -0.39 is 11.2 Å². The third kappa shape index (κ3) is 4.11. The zero-order chi connectivity index (χ0) is 20.3. The Morgan fingerprint density at radius 1 is 1.39 bits per heavy atom. The molecule has 2 aromatic heterocycles. The summed E-state index contributed by atoms with van der Waals surface area (Å²) in [6.07, 6.45) is 4.34. The first kappa shape index (κ1) is 20.1. The molecule has 0 saturated heterocycles. The summed E-state index contributed by atoms with van der Waals surface area (Å²) >= 11 is 1.20. The number of ether oxygens (including phenoxy) is 1. The largest absolute Gasteiger partial charge is 0.462 e. The summed E-state index contributed by atoms with van der Waals surface area (Å²) in [4.78, 5) is 44.3. The zero-order valence-electron chi connectivity index (χ0n) is 16.1. The highest BCUT2D eigenvalue weighted by atomic mass is 32.2. The van der Waals surface area contributed by atoms with Gasteiger partial charge in [0, 0.05) is 12.6 Å². The highest BCUT2D eigenvalue weighted by Crippen LogP contribution is 2.26. The Morgan fingerprint density at radius 2 is 2.18 bits per heavy atom. The molecule has 0 radical (unpaired) electrons. The van der Waals surface area contributed by atoms with E-state index >= 15 is 0 Å². The third-order valence-electron chi connectivity index (χ3n) is 4.51. The van der Waals surface area contributed by atoms with Crippen LogP contribution >= 0.6 is 11.8 Å². The number of hydrogen-bond acceptors (Lipinski definition) is 7. The summed E-state index contributed by atoms with van der Waals surface area (Å²) in [7, 11) is 1.63. The summed E-state index contributed by atoms with van der Waals surface area (Å²) in [5, 5.41) is 6.72. The van der Waals surface area contributed by atoms with E-state index in [2.05, 4.69) is 20.4 Å². The van der Waals surface area contributed by atoms with Gasteiger partial charge in [0.05, 0.1) is 23.7 Å². The van der Waals surface area contributed by atoms with Crippen LogP contribution in [0.4, 0.5) is 5.82 Å². The molecule has 2 aromatic rings. The second-order valence-corrected chi connectivity index (χ2v) is 7.60. The molecule has 2 N–H and O–H groups in total. The van der Waals surface area contributed by atoms with E-state index in [0.29, 0.717) is 11.6 Å². The Kier molecular flexibility index (Phi) is 6.18. The van der Waals surface area contributed by atoms with Crippen molar-refractivity contribution in [3.05, 3.63) is 33.4 Å². The van der Waals surface area contributed by atoms with E-state index in [0.717, 1.165) is 30.5 Å². The van der Waals surface area contributed by atoms with Crippen molar-refractivity contribution in [2.24, 2.45) is 7.05 Å². The van der Waals surface area contributed by atoms with Crippen molar-refractivity contribution in [3.63, 3.8) is 0 Å². The van der Waals surface area contributed by atoms with Gasteiger partial charge in [0.1, 0.15) is 11.4 Å². The van der Waals surface area contributed by atoms with Crippen molar-refractivity contribution >= 4 is 29.5 Å². The maximum atomic E-state index is 12.8. The van der Waals surface area contributed by atoms with Gasteiger partial charge in [-0.05, 0) is 32.6 Å². The highest BCUT2D eigenvalue weighted by Gasteiger charge is 2.25. The lowest BCUT2D eigenvalue weighted by molar-refractivity contribution is -0.115. The number of anilines is 1. The number of nitrogens with zero attached hydrogens (tertiary/aromatic N) is 3. The van der Waals surface area contributed by atoms with E-state index in [1.54, 1.807) is 14.0 Å². The molecule has 3 rings (SSSR count). The molecule has 28 heavy (non-hydrogen) atoms. The number of nitrogens with one attached hydrogen (secondary N) is 2. The van der Waals surface area contributed by atoms with Crippen molar-refractivity contribution in [1.29, 1.82) is 0 Å². The van der Waals surface area contributed by atoms with Crippen LogP contribution in [-0.2, 0) is 29.4 Å². The number of carbonyl (C=O) groups excluding carboxylic acids is 2. The topological polar surface area (TPSA) is 119 Å². The highest BCUT2D eigenvalue weighted by molar-refractivity contribution is 8.00. The van der Waals surface area contributed by atoms with Gasteiger partial charge in [0.2, 0.25) is 5.91 Å². The Balaban J connectivity index is 1.77. The second-order valence-electron chi connectivity index (χ2n) is 6.40. The van der Waals surface area contributed by atoms with Crippen LogP contribution in [0.2, 0.25) is 0 Å². The van der Waals surface area contributed by atoms with Crippen molar-refractivity contribution in [1.82, 2.24) is 19.7 Å². The molecule has 1 amide bonds. The molecule has 0 bridgehead atoms. The minimum atomic E-state index is -0.545. The molecule has 1 aliphatic rings. The predicted molar refractivity (Wildman–Crippen MR) is 105 cm³/mol. The van der Waals surface area contributed by atoms with E-state index in [4.69, 9.17) is 4.74 Å². The molecular formula is C18H23N5O4S. The number of thioether (sulfide) groups is 1. The van der Waals surface area contributed by atoms with Crippen LogP contribution in [0.1, 0.15) is 48.3 Å². The Morgan fingerprint density at radius 3 is 2.89 bits per heavy atom. The van der Waals surface area contributed by atoms with Gasteiger partial charge in [0.15, 0.2) is 5.16 Å². The maximum Gasteiger partial charge on any atom is 0.343 e. The summed E-state index contributed by atoms with van der Waals surface area (Å²) in [6, 6.07) is 0. The Labute approximate surface area is 166 Å². The van der Waals surface area contributed by atoms with Gasteiger partial charge in [-0.3, -0.25) is 14.3 Å². The molecule has 1 atom stereocenters. The van der Waals surface area contributed by atoms with Crippen LogP contribution < -0.4 is 10.9 Å². The van der Waals surface area contributed by atoms with Gasteiger partial charge in [-0.25, -0.2) is 9.78 Å². The number of amides is 1. The monoisotopic (exact) mass is 405 g/mol. The number of esters is 1. The smallest absolute Gasteiger partial charge is 0.343 e. The molecule has 0 aromatic carbocycles. The van der Waals surface area contributed by atoms with Gasteiger partial charge in [-0.1, -0.05) is 18.7 Å². The Hall–Kier alpha value is -2.62. The fourth-order valence-corrected chi connectivity index (χ4v) is 3.99. The normalized spacial score (nSPS) is 13.8. The van der Waals surface area contributed by atoms with Crippen molar-refractivity contribution < 1.29 is 14.3 Å². The first-order valence-electron chi connectivity index (χ1n) is 9.23. The minimum Gasteiger partial charge on any atom is -0.462 e. The summed E-state index contributed by atoms with van der Waals surface area (Å²) in [5.74, 6) is -0.570. The van der Waals surface area contributed by atoms with Crippen LogP contribution in [0, 0.1) is 0 Å². The van der Waals surface area contributed by atoms with Crippen molar-refractivity contribution in [3.8, 4) is 0 Å². The van der Waals surface area contributed by atoms with Crippen LogP contribution in [-0.4, -0.2) is 43.5 Å². The molecule has 0 spiro atoms. The molecule has 1 unspecified atom stereocenters. The van der Waals surface area contributed by atoms with Crippen LogP contribution in [0.15, 0.2) is 16.1 Å². The summed E-state index contributed by atoms with van der Waals surface area (Å²) in [5.41, 5.74) is 1.63. The lowest BCUT2D eigenvalue weighted by Gasteiger charge is -2.15. The fourth-order valence-electron chi connectivity index (χ4n) is 3.07. The van der Waals surface area contributed by atoms with Crippen LogP contribution in [0.25, 0.3) is 0 Å². The van der Waals surface area contributed by atoms with E-state index in [9.17, 15) is 14.4 Å². The van der Waals surface area contributed by atoms with Gasteiger partial charge >= 0.3 is 5.97 Å². The summed E-state index contributed by atoms with van der Waals surface area (Å²) in [6.45, 7) is 3.81. The van der Waals surface area contributed by atoms with Crippen LogP contribution in [0.3, 0.4) is 0 Å². The lowest BCUT2D eigenvalue weighted by Crippen LogP contribution is -2.27. The van der Waals surface area contributed by atoms with Crippen LogP contribution in [0.5, 0.6) is 0 Å². The number of aromatic nitrogens is 4. The number of aromatic amines is 1. The number of carbonyl (C=O) groups is 2. The maximum absolute atomic E-state index is 12.8. The van der Waals surface area contributed by atoms with E-state index in [1.165, 1.54) is 22.6 Å². The molecule has 2 heterocycles. The van der Waals surface area contributed by atoms with Gasteiger partial charge in [-0.15, -0.1) is 0 Å². The number of hydrogen-bond donors (Lipinski definition) is 2. The predicted octanol–water partition coefficient (Wildman–Crippen LogP) is 1.68. The first-order chi connectivity index (χ1) is 13.4. The lowest BCUT2D eigenvalue weighted by atomic mass is 10.3. The quantitative estimate of drug-likeness (QED) is 0.409. The van der Waals surface area contributed by atoms with E-state index in [-0.39, 0.29) is 29.5 Å². The standard InChI is InChI=1S/C18H23N5O4S/c1-4-13(28-18-20-12-8-6-7-10(12)15(24)22-18)16(25)21-14-11(9-19-23(14)3)17(26)27-5-2/h9,13H,4-8H2,1-3H3,(H,21,25)(H,20,22,24). The number of fused-ring (bicyclic) bond motifs is 1. The van der Waals surface area contributed by atoms with Gasteiger partial charge in [0.25, 0.3) is 5.56 Å². The molecule has 0 saturated carbocycles. The van der Waals surface area contributed by atoms with Crippen molar-refractivity contribution in [2.75, 3.05) is 11.9 Å². The molecule has 10 heteroatoms. The SMILES string of the molecule is CCOC(=O)c1cnn(C)c1NC(=O)C(CC)Sc1nc2c(c(=O)[nH]1)CCC2. The average molecular weight is 405 g/mol. The Bertz CT molecular complexity index is 952. The number of rotatable bonds is 7. The van der Waals surface area contributed by atoms with Crippen molar-refractivity contribution in [2.45, 2.75) is 49.9 Å². The zero-order valence-corrected chi connectivity index (χ0v) is 16.9. The summed E-state index contributed by atoms with van der Waals surface area (Å²) < 4.78 is 6.42. The molecule has 9 nitrogen and oxygen atoms in total.